The smallest absolute Gasteiger partial charge is 0.376 e. The molecule has 0 amide bonds. The zero-order valence-corrected chi connectivity index (χ0v) is 21.6. The molecule has 3 saturated carbocycles. The van der Waals surface area contributed by atoms with Crippen LogP contribution in [-0.4, -0.2) is 66.4 Å². The minimum Gasteiger partial charge on any atom is -0.376 e. The molecule has 9 atom stereocenters. The van der Waals surface area contributed by atoms with Gasteiger partial charge in [-0.05, 0) is 70.1 Å². The van der Waals surface area contributed by atoms with E-state index in [-0.39, 0.29) is 55.0 Å². The molecule has 1 heterocycles. The number of alkyl halides is 6. The highest BCUT2D eigenvalue weighted by molar-refractivity contribution is 7.89. The number of nitrogens with zero attached hydrogens (tertiary/aromatic N) is 1. The second-order valence-corrected chi connectivity index (χ2v) is 13.9. The second-order valence-electron chi connectivity index (χ2n) is 10.6. The van der Waals surface area contributed by atoms with Crippen LogP contribution in [0.4, 0.5) is 17.6 Å². The second kappa shape index (κ2) is 10.9. The first-order valence-electron chi connectivity index (χ1n) is 12.6. The maximum Gasteiger partial charge on any atom is 0.391 e. The van der Waals surface area contributed by atoms with Crippen LogP contribution >= 0.6 is 23.2 Å². The minimum absolute atomic E-state index is 0.0102. The fourth-order valence-electron chi connectivity index (χ4n) is 6.51. The van der Waals surface area contributed by atoms with Crippen LogP contribution in [-0.2, 0) is 14.8 Å². The lowest BCUT2D eigenvalue weighted by Crippen LogP contribution is -2.57. The summed E-state index contributed by atoms with van der Waals surface area (Å²) >= 11 is 13.0. The van der Waals surface area contributed by atoms with E-state index in [2.05, 4.69) is 0 Å². The molecule has 4 nitrogen and oxygen atoms in total. The van der Waals surface area contributed by atoms with Crippen molar-refractivity contribution in [3.63, 3.8) is 0 Å². The molecule has 11 heteroatoms. The molecule has 9 unspecified atom stereocenters. The van der Waals surface area contributed by atoms with Gasteiger partial charge in [-0.3, -0.25) is 0 Å². The number of ether oxygens (including phenoxy) is 1. The fraction of sp³-hybridized carbons (Fsp3) is 1.00. The summed E-state index contributed by atoms with van der Waals surface area (Å²) in [7, 11) is -3.89. The highest BCUT2D eigenvalue weighted by Gasteiger charge is 2.50. The summed E-state index contributed by atoms with van der Waals surface area (Å²) in [6, 6.07) is -0.343. The Labute approximate surface area is 210 Å². The molecule has 0 N–H and O–H groups in total. The van der Waals surface area contributed by atoms with Crippen LogP contribution in [0, 0.1) is 17.8 Å². The van der Waals surface area contributed by atoms with Crippen LogP contribution in [0.25, 0.3) is 0 Å². The maximum absolute atomic E-state index is 14.4. The Morgan fingerprint density at radius 3 is 2.35 bits per heavy atom. The Kier molecular flexibility index (Phi) is 8.71. The molecule has 3 aliphatic carbocycles. The summed E-state index contributed by atoms with van der Waals surface area (Å²) in [6.07, 6.45) is -1.28. The first kappa shape index (κ1) is 27.2. The van der Waals surface area contributed by atoms with E-state index < -0.39 is 45.6 Å². The highest BCUT2D eigenvalue weighted by atomic mass is 35.5. The van der Waals surface area contributed by atoms with E-state index in [9.17, 15) is 26.0 Å². The third-order valence-electron chi connectivity index (χ3n) is 8.50. The predicted molar refractivity (Wildman–Crippen MR) is 124 cm³/mol. The lowest BCUT2D eigenvalue weighted by molar-refractivity contribution is -0.181. The van der Waals surface area contributed by atoms with Crippen molar-refractivity contribution in [3.05, 3.63) is 0 Å². The Morgan fingerprint density at radius 2 is 1.65 bits per heavy atom. The molecule has 1 aliphatic heterocycles. The van der Waals surface area contributed by atoms with Crippen LogP contribution in [0.15, 0.2) is 0 Å². The molecule has 0 spiro atoms. The maximum atomic E-state index is 14.4. The molecule has 4 aliphatic rings. The normalized spacial score (nSPS) is 42.8. The van der Waals surface area contributed by atoms with Gasteiger partial charge in [0.15, 0.2) is 0 Å². The fourth-order valence-corrected chi connectivity index (χ4v) is 9.64. The van der Waals surface area contributed by atoms with Crippen molar-refractivity contribution in [3.8, 4) is 0 Å². The molecule has 0 aromatic carbocycles. The first-order valence-corrected chi connectivity index (χ1v) is 15.0. The van der Waals surface area contributed by atoms with E-state index in [4.69, 9.17) is 27.9 Å². The van der Waals surface area contributed by atoms with Crippen LogP contribution in [0.2, 0.25) is 0 Å². The van der Waals surface area contributed by atoms with Crippen LogP contribution in [0.1, 0.15) is 70.6 Å². The number of sulfonamides is 1. The SMILES string of the molecule is O=S(=O)(C1CCCC(C(F)(F)F)C1)N1CCCC2CC(Cl)C(OCC3C(F)CCCC3Cl)CC21. The van der Waals surface area contributed by atoms with Gasteiger partial charge < -0.3 is 4.74 Å². The lowest BCUT2D eigenvalue weighted by atomic mass is 9.78. The summed E-state index contributed by atoms with van der Waals surface area (Å²) in [5.74, 6) is -1.93. The Morgan fingerprint density at radius 1 is 0.912 bits per heavy atom. The Hall–Kier alpha value is 0.170. The number of halogens is 6. The van der Waals surface area contributed by atoms with Crippen molar-refractivity contribution in [2.75, 3.05) is 13.2 Å². The summed E-state index contributed by atoms with van der Waals surface area (Å²) in [5, 5.41) is -1.62. The zero-order chi connectivity index (χ0) is 24.7. The van der Waals surface area contributed by atoms with Gasteiger partial charge in [0.05, 0.1) is 29.3 Å². The quantitative estimate of drug-likeness (QED) is 0.308. The molecule has 0 aromatic heterocycles. The summed E-state index contributed by atoms with van der Waals surface area (Å²) in [4.78, 5) is 0. The summed E-state index contributed by atoms with van der Waals surface area (Å²) < 4.78 is 89.0. The topological polar surface area (TPSA) is 46.6 Å². The van der Waals surface area contributed by atoms with Crippen LogP contribution in [0.3, 0.4) is 0 Å². The number of hydrogen-bond acceptors (Lipinski definition) is 3. The van der Waals surface area contributed by atoms with E-state index in [0.29, 0.717) is 32.2 Å². The van der Waals surface area contributed by atoms with E-state index in [0.717, 1.165) is 19.3 Å². The lowest BCUT2D eigenvalue weighted by Gasteiger charge is -2.48. The number of piperidine rings is 1. The average Bonchev–Trinajstić information content (AvgIpc) is 2.78. The van der Waals surface area contributed by atoms with Crippen molar-refractivity contribution < 1.29 is 30.7 Å². The molecule has 4 rings (SSSR count). The van der Waals surface area contributed by atoms with Gasteiger partial charge >= 0.3 is 6.18 Å². The summed E-state index contributed by atoms with van der Waals surface area (Å²) in [5.41, 5.74) is 0. The van der Waals surface area contributed by atoms with Crippen molar-refractivity contribution in [1.29, 1.82) is 0 Å². The summed E-state index contributed by atoms with van der Waals surface area (Å²) in [6.45, 7) is 0.457. The molecule has 1 saturated heterocycles. The monoisotopic (exact) mass is 551 g/mol. The van der Waals surface area contributed by atoms with E-state index in [1.165, 1.54) is 4.31 Å². The molecular formula is C23H35Cl2F4NO3S. The number of fused-ring (bicyclic) bond motifs is 1. The van der Waals surface area contributed by atoms with Crippen LogP contribution < -0.4 is 0 Å². The van der Waals surface area contributed by atoms with Gasteiger partial charge in [-0.1, -0.05) is 6.42 Å². The van der Waals surface area contributed by atoms with Crippen molar-refractivity contribution in [2.45, 2.75) is 111 Å². The highest BCUT2D eigenvalue weighted by Crippen LogP contribution is 2.44. The van der Waals surface area contributed by atoms with E-state index in [1.54, 1.807) is 0 Å². The van der Waals surface area contributed by atoms with Crippen LogP contribution in [0.5, 0.6) is 0 Å². The first-order chi connectivity index (χ1) is 16.0. The van der Waals surface area contributed by atoms with Crippen molar-refractivity contribution in [2.24, 2.45) is 17.8 Å². The average molecular weight is 553 g/mol. The zero-order valence-electron chi connectivity index (χ0n) is 19.2. The largest absolute Gasteiger partial charge is 0.391 e. The molecule has 198 valence electrons. The third-order valence-corrected chi connectivity index (χ3v) is 11.9. The van der Waals surface area contributed by atoms with Gasteiger partial charge in [0.2, 0.25) is 10.0 Å². The molecule has 0 radical (unpaired) electrons. The predicted octanol–water partition coefficient (Wildman–Crippen LogP) is 6.05. The van der Waals surface area contributed by atoms with E-state index >= 15 is 0 Å². The molecule has 4 fully saturated rings. The standard InChI is InChI=1S/C23H35Cl2F4NO3S/c24-18-7-2-8-20(26)17(18)13-33-22-12-21-14(10-19(22)25)4-3-9-30(21)34(31,32)16-6-1-5-15(11-16)23(27,28)29/h14-22H,1-13H2. The minimum atomic E-state index is -4.37. The molecule has 0 bridgehead atoms. The van der Waals surface area contributed by atoms with Gasteiger partial charge in [-0.2, -0.15) is 17.5 Å². The molecular weight excluding hydrogens is 517 g/mol. The third kappa shape index (κ3) is 5.84. The van der Waals surface area contributed by atoms with Gasteiger partial charge in [0.1, 0.15) is 6.17 Å². The van der Waals surface area contributed by atoms with Gasteiger partial charge in [-0.25, -0.2) is 12.8 Å². The Balaban J connectivity index is 1.45. The molecule has 0 aromatic rings. The van der Waals surface area contributed by atoms with Crippen molar-refractivity contribution in [1.82, 2.24) is 4.31 Å². The van der Waals surface area contributed by atoms with E-state index in [1.807, 2.05) is 0 Å². The van der Waals surface area contributed by atoms with Gasteiger partial charge in [0, 0.05) is 23.9 Å². The molecule has 34 heavy (non-hydrogen) atoms. The van der Waals surface area contributed by atoms with Gasteiger partial charge in [0.25, 0.3) is 0 Å². The van der Waals surface area contributed by atoms with Crippen molar-refractivity contribution >= 4 is 33.2 Å². The number of hydrogen-bond donors (Lipinski definition) is 0. The number of rotatable bonds is 5. The Bertz CT molecular complexity index is 792. The van der Waals surface area contributed by atoms with Gasteiger partial charge in [-0.15, -0.1) is 23.2 Å².